The number of hydrogen-bond donors (Lipinski definition) is 3. The summed E-state index contributed by atoms with van der Waals surface area (Å²) >= 11 is 0. The number of urea groups is 1. The smallest absolute Gasteiger partial charge is 0.318 e. The molecule has 0 bridgehead atoms. The van der Waals surface area contributed by atoms with Crippen molar-refractivity contribution in [1.29, 1.82) is 0 Å². The van der Waals surface area contributed by atoms with Crippen molar-refractivity contribution < 1.29 is 19.1 Å². The Hall–Kier alpha value is -3.59. The molecule has 9 nitrogen and oxygen atoms in total. The summed E-state index contributed by atoms with van der Waals surface area (Å²) in [6, 6.07) is 15.9. The Morgan fingerprint density at radius 1 is 0.750 bits per heavy atom. The van der Waals surface area contributed by atoms with Crippen LogP contribution in [0.5, 0.6) is 5.75 Å². The molecule has 0 saturated carbocycles. The van der Waals surface area contributed by atoms with Crippen LogP contribution in [0.3, 0.4) is 0 Å². The van der Waals surface area contributed by atoms with Gasteiger partial charge in [0.2, 0.25) is 11.8 Å². The normalized spacial score (nSPS) is 17.0. The number of nitrogens with zero attached hydrogens (tertiary/aromatic N) is 2. The third-order valence-electron chi connectivity index (χ3n) is 8.39. The summed E-state index contributed by atoms with van der Waals surface area (Å²) in [5.41, 5.74) is 2.00. The lowest BCUT2D eigenvalue weighted by Gasteiger charge is -2.27. The average Bonchev–Trinajstić information content (AvgIpc) is 3.39. The fraction of sp³-hybridized carbons (Fsp3) is 0.571. The van der Waals surface area contributed by atoms with E-state index in [1.165, 1.54) is 12.8 Å². The Labute approximate surface area is 263 Å². The summed E-state index contributed by atoms with van der Waals surface area (Å²) in [6.07, 6.45) is 7.39. The van der Waals surface area contributed by atoms with Gasteiger partial charge in [0.15, 0.2) is 0 Å². The molecule has 240 valence electrons. The van der Waals surface area contributed by atoms with Gasteiger partial charge in [0, 0.05) is 32.6 Å². The zero-order valence-corrected chi connectivity index (χ0v) is 26.6. The van der Waals surface area contributed by atoms with E-state index in [-0.39, 0.29) is 23.8 Å². The van der Waals surface area contributed by atoms with Crippen LogP contribution in [0.2, 0.25) is 0 Å². The molecule has 0 aliphatic carbocycles. The van der Waals surface area contributed by atoms with Crippen molar-refractivity contribution in [3.8, 4) is 5.75 Å². The molecule has 2 atom stereocenters. The maximum Gasteiger partial charge on any atom is 0.318 e. The molecule has 2 saturated heterocycles. The van der Waals surface area contributed by atoms with Gasteiger partial charge in [-0.15, -0.1) is 0 Å². The summed E-state index contributed by atoms with van der Waals surface area (Å²) in [4.78, 5) is 44.4. The number of benzene rings is 2. The molecule has 9 heteroatoms. The number of rotatable bonds is 14. The molecule has 2 aliphatic rings. The van der Waals surface area contributed by atoms with Gasteiger partial charge in [-0.2, -0.15) is 0 Å². The molecule has 2 aliphatic heterocycles. The first kappa shape index (κ1) is 33.3. The van der Waals surface area contributed by atoms with Crippen LogP contribution in [0, 0.1) is 5.92 Å². The Morgan fingerprint density at radius 2 is 1.41 bits per heavy atom. The Kier molecular flexibility index (Phi) is 13.4. The van der Waals surface area contributed by atoms with E-state index < -0.39 is 12.1 Å². The number of nitrogens with one attached hydrogen (secondary N) is 3. The lowest BCUT2D eigenvalue weighted by molar-refractivity contribution is -0.130. The molecule has 0 aromatic heterocycles. The third kappa shape index (κ3) is 11.2. The van der Waals surface area contributed by atoms with Gasteiger partial charge in [-0.05, 0) is 74.4 Å². The van der Waals surface area contributed by atoms with Crippen LogP contribution >= 0.6 is 0 Å². The van der Waals surface area contributed by atoms with Gasteiger partial charge in [0.25, 0.3) is 0 Å². The Bertz CT molecular complexity index is 1160. The molecular weight excluding hydrogens is 554 g/mol. The topological polar surface area (TPSA) is 103 Å². The number of ether oxygens (including phenoxy) is 1. The second-order valence-electron chi connectivity index (χ2n) is 12.6. The summed E-state index contributed by atoms with van der Waals surface area (Å²) in [7, 11) is 0. The second kappa shape index (κ2) is 17.6. The lowest BCUT2D eigenvalue weighted by Crippen LogP contribution is -2.56. The fourth-order valence-corrected chi connectivity index (χ4v) is 5.86. The fourth-order valence-electron chi connectivity index (χ4n) is 5.86. The first-order chi connectivity index (χ1) is 21.4. The highest BCUT2D eigenvalue weighted by atomic mass is 16.5. The summed E-state index contributed by atoms with van der Waals surface area (Å²) < 4.78 is 5.93. The van der Waals surface area contributed by atoms with Crippen LogP contribution in [0.25, 0.3) is 0 Å². The highest BCUT2D eigenvalue weighted by molar-refractivity contribution is 5.92. The Balaban J connectivity index is 1.40. The van der Waals surface area contributed by atoms with E-state index in [1.807, 2.05) is 73.3 Å². The minimum absolute atomic E-state index is 0.186. The quantitative estimate of drug-likeness (QED) is 0.294. The van der Waals surface area contributed by atoms with Crippen molar-refractivity contribution in [2.75, 3.05) is 39.3 Å². The molecule has 4 rings (SSSR count). The van der Waals surface area contributed by atoms with Crippen LogP contribution < -0.4 is 20.7 Å². The SMILES string of the molecule is CC(C)C[C@H](NC(=O)N1CCCCCC1)C(=O)N[C@@H](Cc1ccc(OCc2ccccc2)cc1)C(=O)NCCN1CCCC1. The van der Waals surface area contributed by atoms with Gasteiger partial charge >= 0.3 is 6.03 Å². The molecule has 0 unspecified atom stereocenters. The van der Waals surface area contributed by atoms with Crippen molar-refractivity contribution in [2.45, 2.75) is 83.9 Å². The highest BCUT2D eigenvalue weighted by Gasteiger charge is 2.29. The van der Waals surface area contributed by atoms with Crippen molar-refractivity contribution >= 4 is 17.8 Å². The third-order valence-corrected chi connectivity index (χ3v) is 8.39. The van der Waals surface area contributed by atoms with Crippen LogP contribution in [-0.2, 0) is 22.6 Å². The predicted octanol–water partition coefficient (Wildman–Crippen LogP) is 4.51. The maximum absolute atomic E-state index is 13.7. The zero-order valence-electron chi connectivity index (χ0n) is 26.6. The van der Waals surface area contributed by atoms with Crippen molar-refractivity contribution in [2.24, 2.45) is 5.92 Å². The largest absolute Gasteiger partial charge is 0.489 e. The van der Waals surface area contributed by atoms with Gasteiger partial charge in [-0.1, -0.05) is 69.2 Å². The van der Waals surface area contributed by atoms with Gasteiger partial charge in [0.1, 0.15) is 24.4 Å². The van der Waals surface area contributed by atoms with Crippen molar-refractivity contribution in [1.82, 2.24) is 25.8 Å². The van der Waals surface area contributed by atoms with Gasteiger partial charge in [-0.25, -0.2) is 4.79 Å². The maximum atomic E-state index is 13.7. The monoisotopic (exact) mass is 605 g/mol. The molecule has 3 N–H and O–H groups in total. The molecule has 0 radical (unpaired) electrons. The van der Waals surface area contributed by atoms with Gasteiger partial charge in [-0.3, -0.25) is 9.59 Å². The van der Waals surface area contributed by atoms with E-state index in [1.54, 1.807) is 0 Å². The Morgan fingerprint density at radius 3 is 2.07 bits per heavy atom. The molecule has 2 aromatic rings. The van der Waals surface area contributed by atoms with Crippen LogP contribution in [0.15, 0.2) is 54.6 Å². The molecule has 2 heterocycles. The highest BCUT2D eigenvalue weighted by Crippen LogP contribution is 2.17. The van der Waals surface area contributed by atoms with E-state index in [4.69, 9.17) is 4.74 Å². The summed E-state index contributed by atoms with van der Waals surface area (Å²) in [5.74, 6) is 0.376. The van der Waals surface area contributed by atoms with E-state index in [9.17, 15) is 14.4 Å². The minimum Gasteiger partial charge on any atom is -0.489 e. The number of amides is 4. The van der Waals surface area contributed by atoms with Crippen molar-refractivity contribution in [3.63, 3.8) is 0 Å². The van der Waals surface area contributed by atoms with E-state index in [2.05, 4.69) is 20.9 Å². The molecule has 4 amide bonds. The molecule has 2 fully saturated rings. The first-order valence-electron chi connectivity index (χ1n) is 16.5. The molecule has 0 spiro atoms. The second-order valence-corrected chi connectivity index (χ2v) is 12.6. The lowest BCUT2D eigenvalue weighted by atomic mass is 10.0. The number of hydrogen-bond acceptors (Lipinski definition) is 5. The molecular formula is C35H51N5O4. The van der Waals surface area contributed by atoms with E-state index in [0.29, 0.717) is 39.1 Å². The van der Waals surface area contributed by atoms with E-state index >= 15 is 0 Å². The van der Waals surface area contributed by atoms with Crippen molar-refractivity contribution in [3.05, 3.63) is 65.7 Å². The minimum atomic E-state index is -0.776. The summed E-state index contributed by atoms with van der Waals surface area (Å²) in [6.45, 7) is 9.37. The zero-order chi connectivity index (χ0) is 31.1. The first-order valence-corrected chi connectivity index (χ1v) is 16.5. The molecule has 2 aromatic carbocycles. The number of carbonyl (C=O) groups excluding carboxylic acids is 3. The van der Waals surface area contributed by atoms with Crippen LogP contribution in [0.4, 0.5) is 4.79 Å². The predicted molar refractivity (Wildman–Crippen MR) is 173 cm³/mol. The van der Waals surface area contributed by atoms with Crippen LogP contribution in [0.1, 0.15) is 69.9 Å². The summed E-state index contributed by atoms with van der Waals surface area (Å²) in [5, 5.41) is 9.04. The van der Waals surface area contributed by atoms with E-state index in [0.717, 1.165) is 62.2 Å². The van der Waals surface area contributed by atoms with Gasteiger partial charge < -0.3 is 30.5 Å². The molecule has 44 heavy (non-hydrogen) atoms. The standard InChI is InChI=1S/C35H51N5O4/c1-27(2)24-31(38-35(43)40-21-8-3-4-9-22-40)34(42)37-32(33(41)36-18-23-39-19-10-11-20-39)25-28-14-16-30(17-15-28)44-26-29-12-6-5-7-13-29/h5-7,12-17,27,31-32H,3-4,8-11,18-26H2,1-2H3,(H,36,41)(H,37,42)(H,38,43)/t31-,32-/m0/s1. The average molecular weight is 606 g/mol. The van der Waals surface area contributed by atoms with Gasteiger partial charge in [0.05, 0.1) is 0 Å². The van der Waals surface area contributed by atoms with Crippen LogP contribution in [-0.4, -0.2) is 79.0 Å². The number of likely N-dealkylation sites (tertiary alicyclic amines) is 2. The number of carbonyl (C=O) groups is 3.